The van der Waals surface area contributed by atoms with Crippen molar-refractivity contribution in [3.8, 4) is 0 Å². The number of halogens is 3. The van der Waals surface area contributed by atoms with Crippen LogP contribution in [0.2, 0.25) is 18.1 Å². The Labute approximate surface area is 166 Å². The number of anilines is 1. The zero-order chi connectivity index (χ0) is 19.9. The van der Waals surface area contributed by atoms with Crippen molar-refractivity contribution < 1.29 is 17.9 Å². The van der Waals surface area contributed by atoms with Gasteiger partial charge in [0.25, 0.3) is 0 Å². The van der Waals surface area contributed by atoms with Gasteiger partial charge in [0.15, 0.2) is 26.2 Å². The molecular weight excluding hydrogens is 475 g/mol. The summed E-state index contributed by atoms with van der Waals surface area (Å²) in [4.78, 5) is 15.4. The summed E-state index contributed by atoms with van der Waals surface area (Å²) in [5, 5.41) is 0.00747. The fourth-order valence-corrected chi connectivity index (χ4v) is 4.22. The molecule has 1 aliphatic rings. The third-order valence-corrected chi connectivity index (χ3v) is 11.1. The van der Waals surface area contributed by atoms with E-state index < -0.39 is 43.6 Å². The first kappa shape index (κ1) is 21.7. The van der Waals surface area contributed by atoms with Crippen LogP contribution in [0.25, 0.3) is 0 Å². The smallest absolute Gasteiger partial charge is 0.351 e. The monoisotopic (exact) mass is 501 g/mol. The summed E-state index contributed by atoms with van der Waals surface area (Å²) in [7, 11) is -2.05. The summed E-state index contributed by atoms with van der Waals surface area (Å²) >= 11 is 2.12. The Hall–Kier alpha value is -0.593. The fraction of sp³-hybridized carbons (Fsp3) is 0.750. The van der Waals surface area contributed by atoms with Gasteiger partial charge in [0.1, 0.15) is 11.8 Å². The third-order valence-electron chi connectivity index (χ3n) is 5.20. The van der Waals surface area contributed by atoms with E-state index in [0.29, 0.717) is 4.43 Å². The second-order valence-electron chi connectivity index (χ2n) is 8.26. The number of hydrogen-bond donors (Lipinski definition) is 1. The highest BCUT2D eigenvalue weighted by Crippen LogP contribution is 2.42. The van der Waals surface area contributed by atoms with Gasteiger partial charge in [-0.3, -0.25) is 4.57 Å². The first-order chi connectivity index (χ1) is 11.8. The van der Waals surface area contributed by atoms with Gasteiger partial charge in [0.2, 0.25) is 0 Å². The number of nitrogens with two attached hydrogens (primary N) is 1. The zero-order valence-electron chi connectivity index (χ0n) is 15.7. The van der Waals surface area contributed by atoms with Crippen LogP contribution in [0, 0.1) is 5.82 Å². The molecule has 10 heteroatoms. The van der Waals surface area contributed by atoms with Gasteiger partial charge in [0.05, 0.1) is 12.8 Å². The van der Waals surface area contributed by atoms with Crippen LogP contribution in [0.3, 0.4) is 0 Å². The van der Waals surface area contributed by atoms with E-state index in [4.69, 9.17) is 14.9 Å². The van der Waals surface area contributed by atoms with Crippen molar-refractivity contribution in [2.45, 2.75) is 63.3 Å². The molecule has 0 amide bonds. The molecule has 0 saturated carbocycles. The van der Waals surface area contributed by atoms with Crippen LogP contribution in [0.15, 0.2) is 11.0 Å². The predicted molar refractivity (Wildman–Crippen MR) is 107 cm³/mol. The lowest BCUT2D eigenvalue weighted by atomic mass is 10.0. The largest absolute Gasteiger partial charge is 0.414 e. The standard InChI is InChI=1S/C16H26F2IN3O3Si/c1-15(2,3)26(4,5)24-9-16(8-19)6-10(17)13(25-16)22-7-11(18)12(20)21-14(22)23/h7,10,13H,6,8-9H2,1-5H3,(H2,20,21,23)/t10-,13+,16+/m0/s1. The Balaban J connectivity index is 2.24. The maximum Gasteiger partial charge on any atom is 0.351 e. The van der Waals surface area contributed by atoms with Crippen LogP contribution in [-0.4, -0.2) is 40.7 Å². The number of nitrogens with zero attached hydrogens (tertiary/aromatic N) is 2. The minimum Gasteiger partial charge on any atom is -0.414 e. The van der Waals surface area contributed by atoms with Gasteiger partial charge < -0.3 is 14.9 Å². The van der Waals surface area contributed by atoms with E-state index in [0.717, 1.165) is 10.8 Å². The highest BCUT2D eigenvalue weighted by atomic mass is 127. The summed E-state index contributed by atoms with van der Waals surface area (Å²) < 4.78 is 41.9. The Kier molecular flexibility index (Phi) is 6.21. The topological polar surface area (TPSA) is 79.4 Å². The zero-order valence-corrected chi connectivity index (χ0v) is 18.8. The molecule has 148 valence electrons. The number of rotatable bonds is 5. The van der Waals surface area contributed by atoms with Crippen LogP contribution >= 0.6 is 22.6 Å². The lowest BCUT2D eigenvalue weighted by molar-refractivity contribution is -0.0887. The molecule has 2 rings (SSSR count). The second-order valence-corrected chi connectivity index (χ2v) is 13.8. The molecule has 2 N–H and O–H groups in total. The Morgan fingerprint density at radius 1 is 1.54 bits per heavy atom. The quantitative estimate of drug-likeness (QED) is 0.380. The molecule has 0 radical (unpaired) electrons. The highest BCUT2D eigenvalue weighted by Gasteiger charge is 2.49. The average Bonchev–Trinajstić information content (AvgIpc) is 2.85. The lowest BCUT2D eigenvalue weighted by Gasteiger charge is -2.39. The van der Waals surface area contributed by atoms with Gasteiger partial charge in [-0.25, -0.2) is 13.6 Å². The SMILES string of the molecule is CC(C)(C)[Si](C)(C)OC[C@]1(CI)C[C@H](F)[C@H](n2cc(F)c(N)nc2=O)O1. The van der Waals surface area contributed by atoms with Crippen molar-refractivity contribution in [3.63, 3.8) is 0 Å². The molecule has 0 aromatic carbocycles. The predicted octanol–water partition coefficient (Wildman–Crippen LogP) is 3.42. The molecule has 1 aromatic heterocycles. The van der Waals surface area contributed by atoms with Gasteiger partial charge in [-0.15, -0.1) is 0 Å². The summed E-state index contributed by atoms with van der Waals surface area (Å²) in [5.41, 5.74) is 3.57. The molecule has 0 unspecified atom stereocenters. The first-order valence-corrected chi connectivity index (χ1v) is 12.8. The van der Waals surface area contributed by atoms with Gasteiger partial charge in [0, 0.05) is 10.8 Å². The first-order valence-electron chi connectivity index (χ1n) is 8.38. The van der Waals surface area contributed by atoms with E-state index >= 15 is 0 Å². The van der Waals surface area contributed by atoms with Crippen LogP contribution < -0.4 is 11.4 Å². The summed E-state index contributed by atoms with van der Waals surface area (Å²) in [6.07, 6.45) is -1.81. The normalized spacial score (nSPS) is 27.1. The van der Waals surface area contributed by atoms with Crippen molar-refractivity contribution in [1.29, 1.82) is 0 Å². The molecule has 1 aromatic rings. The molecule has 2 heterocycles. The minimum absolute atomic E-state index is 0.00747. The van der Waals surface area contributed by atoms with E-state index in [1.807, 2.05) is 0 Å². The van der Waals surface area contributed by atoms with Crippen molar-refractivity contribution in [1.82, 2.24) is 9.55 Å². The van der Waals surface area contributed by atoms with E-state index in [2.05, 4.69) is 61.4 Å². The number of hydrogen-bond acceptors (Lipinski definition) is 5. The lowest BCUT2D eigenvalue weighted by Crippen LogP contribution is -2.47. The Morgan fingerprint density at radius 2 is 2.15 bits per heavy atom. The number of aromatic nitrogens is 2. The molecule has 0 bridgehead atoms. The molecular formula is C16H26F2IN3O3Si. The molecule has 0 spiro atoms. The Morgan fingerprint density at radius 3 is 2.69 bits per heavy atom. The van der Waals surface area contributed by atoms with Crippen molar-refractivity contribution in [3.05, 3.63) is 22.5 Å². The molecule has 26 heavy (non-hydrogen) atoms. The fourth-order valence-electron chi connectivity index (χ4n) is 2.45. The Bertz CT molecular complexity index is 726. The minimum atomic E-state index is -2.05. The van der Waals surface area contributed by atoms with Crippen LogP contribution in [0.5, 0.6) is 0 Å². The van der Waals surface area contributed by atoms with Crippen LogP contribution in [-0.2, 0) is 9.16 Å². The number of nitrogen functional groups attached to an aromatic ring is 1. The van der Waals surface area contributed by atoms with Gasteiger partial charge in [-0.05, 0) is 18.1 Å². The molecule has 1 aliphatic heterocycles. The van der Waals surface area contributed by atoms with Gasteiger partial charge in [-0.1, -0.05) is 43.4 Å². The summed E-state index contributed by atoms with van der Waals surface area (Å²) in [5.74, 6) is -1.40. The van der Waals surface area contributed by atoms with Crippen molar-refractivity contribution >= 4 is 36.7 Å². The van der Waals surface area contributed by atoms with Crippen LogP contribution in [0.1, 0.15) is 33.4 Å². The highest BCUT2D eigenvalue weighted by molar-refractivity contribution is 14.1. The summed E-state index contributed by atoms with van der Waals surface area (Å²) in [6.45, 7) is 10.8. The molecule has 1 saturated heterocycles. The van der Waals surface area contributed by atoms with E-state index in [-0.39, 0.29) is 18.1 Å². The molecule has 3 atom stereocenters. The molecule has 0 aliphatic carbocycles. The number of alkyl halides is 2. The van der Waals surface area contributed by atoms with Gasteiger partial charge in [-0.2, -0.15) is 4.98 Å². The molecule has 6 nitrogen and oxygen atoms in total. The van der Waals surface area contributed by atoms with E-state index in [1.165, 1.54) is 0 Å². The van der Waals surface area contributed by atoms with Crippen LogP contribution in [0.4, 0.5) is 14.6 Å². The van der Waals surface area contributed by atoms with Gasteiger partial charge >= 0.3 is 5.69 Å². The van der Waals surface area contributed by atoms with E-state index in [9.17, 15) is 13.6 Å². The number of ether oxygens (including phenoxy) is 1. The maximum atomic E-state index is 14.7. The summed E-state index contributed by atoms with van der Waals surface area (Å²) in [6, 6.07) is 0. The van der Waals surface area contributed by atoms with Crippen molar-refractivity contribution in [2.24, 2.45) is 0 Å². The molecule has 1 fully saturated rings. The maximum absolute atomic E-state index is 14.7. The van der Waals surface area contributed by atoms with E-state index in [1.54, 1.807) is 0 Å². The second kappa shape index (κ2) is 7.44. The third kappa shape index (κ3) is 4.28. The average molecular weight is 501 g/mol. The van der Waals surface area contributed by atoms with Crippen molar-refractivity contribution in [2.75, 3.05) is 16.8 Å².